The van der Waals surface area contributed by atoms with Crippen LogP contribution in [-0.2, 0) is 13.5 Å². The summed E-state index contributed by atoms with van der Waals surface area (Å²) in [7, 11) is 1.86. The summed E-state index contributed by atoms with van der Waals surface area (Å²) < 4.78 is 1.71. The molecule has 2 N–H and O–H groups in total. The average Bonchev–Trinajstić information content (AvgIpc) is 2.62. The first-order valence-electron chi connectivity index (χ1n) is 6.08. The maximum absolute atomic E-state index is 6.20. The topological polar surface area (TPSA) is 43.8 Å². The third-order valence-corrected chi connectivity index (χ3v) is 3.68. The Morgan fingerprint density at radius 2 is 2.00 bits per heavy atom. The predicted molar refractivity (Wildman–Crippen MR) is 74.6 cm³/mol. The van der Waals surface area contributed by atoms with E-state index in [1.54, 1.807) is 4.68 Å². The molecule has 1 aromatic carbocycles. The Morgan fingerprint density at radius 3 is 2.56 bits per heavy atom. The van der Waals surface area contributed by atoms with Crippen LogP contribution in [0.1, 0.15) is 29.3 Å². The normalized spacial score (nSPS) is 12.7. The number of aromatic nitrogens is 2. The second-order valence-corrected chi connectivity index (χ2v) is 4.89. The van der Waals surface area contributed by atoms with Crippen molar-refractivity contribution < 1.29 is 0 Å². The van der Waals surface area contributed by atoms with Gasteiger partial charge in [0, 0.05) is 18.7 Å². The number of benzene rings is 1. The molecular formula is C14H18ClN3. The summed E-state index contributed by atoms with van der Waals surface area (Å²) in [6.45, 7) is 1.98. The minimum atomic E-state index is 0.0434. The summed E-state index contributed by atoms with van der Waals surface area (Å²) in [6.07, 6.45) is 1.73. The van der Waals surface area contributed by atoms with Crippen LogP contribution in [0.2, 0.25) is 5.15 Å². The van der Waals surface area contributed by atoms with E-state index in [2.05, 4.69) is 17.2 Å². The summed E-state index contributed by atoms with van der Waals surface area (Å²) in [6, 6.07) is 10.2. The Kier molecular flexibility index (Phi) is 4.04. The smallest absolute Gasteiger partial charge is 0.130 e. The van der Waals surface area contributed by atoms with Gasteiger partial charge >= 0.3 is 0 Å². The van der Waals surface area contributed by atoms with E-state index >= 15 is 0 Å². The zero-order chi connectivity index (χ0) is 13.1. The Bertz CT molecular complexity index is 519. The van der Waals surface area contributed by atoms with E-state index in [1.807, 2.05) is 32.2 Å². The van der Waals surface area contributed by atoms with E-state index in [0.29, 0.717) is 5.15 Å². The molecule has 3 nitrogen and oxygen atoms in total. The van der Waals surface area contributed by atoms with Gasteiger partial charge in [0.2, 0.25) is 0 Å². The number of hydrogen-bond acceptors (Lipinski definition) is 2. The van der Waals surface area contributed by atoms with Crippen LogP contribution in [0, 0.1) is 6.92 Å². The van der Waals surface area contributed by atoms with E-state index < -0.39 is 0 Å². The van der Waals surface area contributed by atoms with Gasteiger partial charge in [-0.05, 0) is 25.3 Å². The van der Waals surface area contributed by atoms with Gasteiger partial charge in [-0.3, -0.25) is 4.68 Å². The van der Waals surface area contributed by atoms with Crippen molar-refractivity contribution in [2.24, 2.45) is 12.8 Å². The molecule has 0 saturated carbocycles. The van der Waals surface area contributed by atoms with Crippen LogP contribution in [0.25, 0.3) is 0 Å². The average molecular weight is 264 g/mol. The molecule has 0 aliphatic heterocycles. The summed E-state index contributed by atoms with van der Waals surface area (Å²) in [5.74, 6) is 0. The van der Waals surface area contributed by atoms with Crippen molar-refractivity contribution in [3.8, 4) is 0 Å². The SMILES string of the molecule is Cc1nn(C)c(Cl)c1CCC(N)c1ccccc1. The molecule has 0 fully saturated rings. The van der Waals surface area contributed by atoms with E-state index in [4.69, 9.17) is 17.3 Å². The predicted octanol–water partition coefficient (Wildman–Crippen LogP) is 3.01. The van der Waals surface area contributed by atoms with Crippen molar-refractivity contribution in [2.45, 2.75) is 25.8 Å². The van der Waals surface area contributed by atoms with E-state index in [0.717, 1.165) is 29.7 Å². The lowest BCUT2D eigenvalue weighted by molar-refractivity contribution is 0.650. The van der Waals surface area contributed by atoms with Crippen LogP contribution < -0.4 is 5.73 Å². The van der Waals surface area contributed by atoms with Gasteiger partial charge in [0.15, 0.2) is 0 Å². The van der Waals surface area contributed by atoms with Crippen LogP contribution in [0.4, 0.5) is 0 Å². The molecule has 2 aromatic rings. The third kappa shape index (κ3) is 2.74. The summed E-state index contributed by atoms with van der Waals surface area (Å²) in [5.41, 5.74) is 9.43. The van der Waals surface area contributed by atoms with E-state index in [9.17, 15) is 0 Å². The molecule has 2 rings (SSSR count). The first kappa shape index (κ1) is 13.1. The standard InChI is InChI=1S/C14H18ClN3/c1-10-12(14(15)18(2)17-10)8-9-13(16)11-6-4-3-5-7-11/h3-7,13H,8-9,16H2,1-2H3. The molecule has 0 amide bonds. The van der Waals surface area contributed by atoms with Crippen molar-refractivity contribution in [1.82, 2.24) is 9.78 Å². The Balaban J connectivity index is 2.04. The van der Waals surface area contributed by atoms with Gasteiger partial charge in [-0.2, -0.15) is 5.10 Å². The fourth-order valence-electron chi connectivity index (χ4n) is 2.12. The molecule has 1 aromatic heterocycles. The molecule has 0 bridgehead atoms. The number of nitrogens with two attached hydrogens (primary N) is 1. The summed E-state index contributed by atoms with van der Waals surface area (Å²) >= 11 is 6.20. The molecule has 1 unspecified atom stereocenters. The lowest BCUT2D eigenvalue weighted by atomic mass is 10.0. The molecule has 96 valence electrons. The van der Waals surface area contributed by atoms with E-state index in [-0.39, 0.29) is 6.04 Å². The zero-order valence-electron chi connectivity index (χ0n) is 10.7. The number of nitrogens with zero attached hydrogens (tertiary/aromatic N) is 2. The van der Waals surface area contributed by atoms with Crippen LogP contribution in [0.3, 0.4) is 0 Å². The highest BCUT2D eigenvalue weighted by Gasteiger charge is 2.13. The van der Waals surface area contributed by atoms with Crippen LogP contribution in [0.15, 0.2) is 30.3 Å². The van der Waals surface area contributed by atoms with Gasteiger partial charge in [-0.25, -0.2) is 0 Å². The highest BCUT2D eigenvalue weighted by atomic mass is 35.5. The molecular weight excluding hydrogens is 246 g/mol. The molecule has 0 aliphatic rings. The second kappa shape index (κ2) is 5.55. The molecule has 0 spiro atoms. The van der Waals surface area contributed by atoms with Crippen molar-refractivity contribution in [2.75, 3.05) is 0 Å². The Labute approximate surface area is 113 Å². The highest BCUT2D eigenvalue weighted by Crippen LogP contribution is 2.23. The molecule has 18 heavy (non-hydrogen) atoms. The first-order chi connectivity index (χ1) is 8.59. The Morgan fingerprint density at radius 1 is 1.33 bits per heavy atom. The third-order valence-electron chi connectivity index (χ3n) is 3.20. The van der Waals surface area contributed by atoms with Gasteiger partial charge in [0.25, 0.3) is 0 Å². The maximum atomic E-state index is 6.20. The maximum Gasteiger partial charge on any atom is 0.130 e. The van der Waals surface area contributed by atoms with Crippen molar-refractivity contribution >= 4 is 11.6 Å². The quantitative estimate of drug-likeness (QED) is 0.922. The summed E-state index contributed by atoms with van der Waals surface area (Å²) in [5, 5.41) is 5.02. The lowest BCUT2D eigenvalue weighted by Crippen LogP contribution is -2.11. The minimum absolute atomic E-state index is 0.0434. The molecule has 0 aliphatic carbocycles. The number of rotatable bonds is 4. The van der Waals surface area contributed by atoms with Gasteiger partial charge in [-0.1, -0.05) is 41.9 Å². The molecule has 1 atom stereocenters. The molecule has 0 saturated heterocycles. The zero-order valence-corrected chi connectivity index (χ0v) is 11.5. The minimum Gasteiger partial charge on any atom is -0.324 e. The number of halogens is 1. The fourth-order valence-corrected chi connectivity index (χ4v) is 2.39. The largest absolute Gasteiger partial charge is 0.324 e. The summed E-state index contributed by atoms with van der Waals surface area (Å²) in [4.78, 5) is 0. The van der Waals surface area contributed by atoms with Crippen molar-refractivity contribution in [3.05, 3.63) is 52.3 Å². The second-order valence-electron chi connectivity index (χ2n) is 4.53. The lowest BCUT2D eigenvalue weighted by Gasteiger charge is -2.11. The fraction of sp³-hybridized carbons (Fsp3) is 0.357. The Hall–Kier alpha value is -1.32. The van der Waals surface area contributed by atoms with Crippen molar-refractivity contribution in [1.29, 1.82) is 0 Å². The van der Waals surface area contributed by atoms with Crippen LogP contribution in [-0.4, -0.2) is 9.78 Å². The van der Waals surface area contributed by atoms with Crippen LogP contribution >= 0.6 is 11.6 Å². The van der Waals surface area contributed by atoms with Gasteiger partial charge in [0.05, 0.1) is 5.69 Å². The monoisotopic (exact) mass is 263 g/mol. The molecule has 1 heterocycles. The first-order valence-corrected chi connectivity index (χ1v) is 6.46. The molecule has 4 heteroatoms. The number of hydrogen-bond donors (Lipinski definition) is 1. The van der Waals surface area contributed by atoms with E-state index in [1.165, 1.54) is 0 Å². The molecule has 0 radical (unpaired) electrons. The van der Waals surface area contributed by atoms with Gasteiger partial charge < -0.3 is 5.73 Å². The van der Waals surface area contributed by atoms with Crippen LogP contribution in [0.5, 0.6) is 0 Å². The highest BCUT2D eigenvalue weighted by molar-refractivity contribution is 6.30. The van der Waals surface area contributed by atoms with Gasteiger partial charge in [0.1, 0.15) is 5.15 Å². The number of aryl methyl sites for hydroxylation is 2. The van der Waals surface area contributed by atoms with Gasteiger partial charge in [-0.15, -0.1) is 0 Å². The van der Waals surface area contributed by atoms with Crippen molar-refractivity contribution in [3.63, 3.8) is 0 Å².